The first kappa shape index (κ1) is 14.6. The van der Waals surface area contributed by atoms with E-state index in [1.807, 2.05) is 18.9 Å². The largest absolute Gasteiger partial charge is 0.394 e. The van der Waals surface area contributed by atoms with E-state index in [9.17, 15) is 4.39 Å². The summed E-state index contributed by atoms with van der Waals surface area (Å²) < 4.78 is 13.3. The highest BCUT2D eigenvalue weighted by Gasteiger charge is 2.21. The molecule has 0 saturated heterocycles. The first-order valence-electron chi connectivity index (χ1n) is 6.61. The third-order valence-corrected chi connectivity index (χ3v) is 2.88. The number of pyridine rings is 1. The van der Waals surface area contributed by atoms with Gasteiger partial charge >= 0.3 is 6.08 Å². The van der Waals surface area contributed by atoms with Crippen LogP contribution in [0.4, 0.5) is 10.2 Å². The summed E-state index contributed by atoms with van der Waals surface area (Å²) >= 11 is 0. The molecule has 0 atom stereocenters. The van der Waals surface area contributed by atoms with Crippen LogP contribution < -0.4 is 4.90 Å². The number of nitrogens with zero attached hydrogens (tertiary/aromatic N) is 4. The second-order valence-corrected chi connectivity index (χ2v) is 5.19. The molecule has 1 N–H and O–H groups in total. The van der Waals surface area contributed by atoms with E-state index in [0.717, 1.165) is 29.7 Å². The SMILES string of the molecule is CC(C)O.Cc1cc2nc(F)nc3c2c(n1)CCN3C. The molecule has 0 bridgehead atoms. The van der Waals surface area contributed by atoms with Crippen molar-refractivity contribution in [1.29, 1.82) is 0 Å². The molecule has 0 spiro atoms. The van der Waals surface area contributed by atoms with Crippen LogP contribution in [0.3, 0.4) is 0 Å². The zero-order valence-corrected chi connectivity index (χ0v) is 12.2. The Morgan fingerprint density at radius 3 is 2.60 bits per heavy atom. The molecule has 0 aromatic carbocycles. The van der Waals surface area contributed by atoms with Crippen molar-refractivity contribution >= 4 is 16.7 Å². The first-order chi connectivity index (χ1) is 9.38. The van der Waals surface area contributed by atoms with Crippen molar-refractivity contribution in [1.82, 2.24) is 15.0 Å². The third kappa shape index (κ3) is 3.01. The van der Waals surface area contributed by atoms with Crippen LogP contribution in [-0.2, 0) is 6.42 Å². The Bertz CT molecular complexity index is 622. The highest BCUT2D eigenvalue weighted by atomic mass is 19.1. The average Bonchev–Trinajstić information content (AvgIpc) is 2.32. The van der Waals surface area contributed by atoms with Gasteiger partial charge in [0.15, 0.2) is 0 Å². The maximum atomic E-state index is 13.3. The van der Waals surface area contributed by atoms with Crippen LogP contribution in [-0.4, -0.2) is 39.8 Å². The molecular formula is C14H19FN4O. The van der Waals surface area contributed by atoms with Gasteiger partial charge in [-0.1, -0.05) is 0 Å². The molecule has 3 heterocycles. The molecule has 0 amide bonds. The number of likely N-dealkylation sites (N-methyl/N-ethyl adjacent to an activating group) is 1. The lowest BCUT2D eigenvalue weighted by Gasteiger charge is -2.25. The van der Waals surface area contributed by atoms with Crippen LogP contribution in [0.25, 0.3) is 10.9 Å². The Balaban J connectivity index is 0.000000328. The molecule has 1 aliphatic heterocycles. The van der Waals surface area contributed by atoms with Crippen LogP contribution in [0, 0.1) is 13.0 Å². The molecule has 2 aromatic rings. The van der Waals surface area contributed by atoms with Crippen molar-refractivity contribution in [2.75, 3.05) is 18.5 Å². The molecule has 0 aliphatic carbocycles. The van der Waals surface area contributed by atoms with E-state index >= 15 is 0 Å². The molecule has 0 saturated carbocycles. The van der Waals surface area contributed by atoms with Gasteiger partial charge in [0, 0.05) is 31.8 Å². The van der Waals surface area contributed by atoms with Crippen LogP contribution in [0.15, 0.2) is 6.07 Å². The maximum absolute atomic E-state index is 13.3. The van der Waals surface area contributed by atoms with Crippen molar-refractivity contribution in [3.8, 4) is 0 Å². The van der Waals surface area contributed by atoms with Gasteiger partial charge in [0.25, 0.3) is 0 Å². The average molecular weight is 278 g/mol. The van der Waals surface area contributed by atoms with Gasteiger partial charge in [0.05, 0.1) is 16.6 Å². The number of aliphatic hydroxyl groups is 1. The van der Waals surface area contributed by atoms with E-state index in [-0.39, 0.29) is 6.10 Å². The molecule has 0 radical (unpaired) electrons. The maximum Gasteiger partial charge on any atom is 0.311 e. The highest BCUT2D eigenvalue weighted by molar-refractivity contribution is 5.92. The Labute approximate surface area is 117 Å². The number of hydrogen-bond donors (Lipinski definition) is 1. The van der Waals surface area contributed by atoms with E-state index in [1.165, 1.54) is 0 Å². The standard InChI is InChI=1S/C11H11FN4.C3H8O/c1-6-5-8-9-7(13-6)3-4-16(2)10(9)15-11(12)14-8;1-3(2)4/h5H,3-4H2,1-2H3;3-4H,1-2H3. The summed E-state index contributed by atoms with van der Waals surface area (Å²) in [6.45, 7) is 6.16. The van der Waals surface area contributed by atoms with Gasteiger partial charge in [0.1, 0.15) is 5.82 Å². The second kappa shape index (κ2) is 5.66. The lowest BCUT2D eigenvalue weighted by atomic mass is 10.1. The summed E-state index contributed by atoms with van der Waals surface area (Å²) in [4.78, 5) is 14.1. The zero-order chi connectivity index (χ0) is 14.9. The smallest absolute Gasteiger partial charge is 0.311 e. The molecule has 2 aromatic heterocycles. The molecule has 3 rings (SSSR count). The topological polar surface area (TPSA) is 62.1 Å². The highest BCUT2D eigenvalue weighted by Crippen LogP contribution is 2.29. The normalized spacial score (nSPS) is 13.4. The number of aryl methyl sites for hydroxylation is 1. The molecular weight excluding hydrogens is 259 g/mol. The van der Waals surface area contributed by atoms with Crippen LogP contribution in [0.5, 0.6) is 0 Å². The minimum atomic E-state index is -0.673. The number of aromatic nitrogens is 3. The minimum absolute atomic E-state index is 0.167. The number of rotatable bonds is 0. The summed E-state index contributed by atoms with van der Waals surface area (Å²) in [5.41, 5.74) is 2.50. The predicted molar refractivity (Wildman–Crippen MR) is 76.4 cm³/mol. The molecule has 108 valence electrons. The molecule has 20 heavy (non-hydrogen) atoms. The summed E-state index contributed by atoms with van der Waals surface area (Å²) in [5, 5.41) is 8.95. The van der Waals surface area contributed by atoms with Crippen molar-refractivity contribution in [2.24, 2.45) is 0 Å². The Hall–Kier alpha value is -1.82. The van der Waals surface area contributed by atoms with Gasteiger partial charge in [-0.25, -0.2) is 4.98 Å². The van der Waals surface area contributed by atoms with Gasteiger partial charge in [0.2, 0.25) is 0 Å². The summed E-state index contributed by atoms with van der Waals surface area (Å²) in [6, 6.07) is 1.80. The monoisotopic (exact) mass is 278 g/mol. The molecule has 0 unspecified atom stereocenters. The van der Waals surface area contributed by atoms with E-state index < -0.39 is 6.08 Å². The third-order valence-electron chi connectivity index (χ3n) is 2.88. The van der Waals surface area contributed by atoms with Crippen molar-refractivity contribution < 1.29 is 9.50 Å². The Morgan fingerprint density at radius 1 is 1.30 bits per heavy atom. The Morgan fingerprint density at radius 2 is 1.95 bits per heavy atom. The van der Waals surface area contributed by atoms with E-state index in [4.69, 9.17) is 5.11 Å². The van der Waals surface area contributed by atoms with Gasteiger partial charge in [-0.3, -0.25) is 4.98 Å². The van der Waals surface area contributed by atoms with Gasteiger partial charge < -0.3 is 10.0 Å². The number of hydrogen-bond acceptors (Lipinski definition) is 5. The fraction of sp³-hybridized carbons (Fsp3) is 0.500. The molecule has 5 nitrogen and oxygen atoms in total. The minimum Gasteiger partial charge on any atom is -0.394 e. The lowest BCUT2D eigenvalue weighted by Crippen LogP contribution is -2.27. The van der Waals surface area contributed by atoms with Gasteiger partial charge in [-0.15, -0.1) is 0 Å². The molecule has 0 fully saturated rings. The van der Waals surface area contributed by atoms with Crippen molar-refractivity contribution in [2.45, 2.75) is 33.3 Å². The number of halogens is 1. The molecule has 1 aliphatic rings. The zero-order valence-electron chi connectivity index (χ0n) is 12.2. The van der Waals surface area contributed by atoms with E-state index in [0.29, 0.717) is 11.3 Å². The van der Waals surface area contributed by atoms with E-state index in [2.05, 4.69) is 15.0 Å². The first-order valence-corrected chi connectivity index (χ1v) is 6.61. The fourth-order valence-corrected chi connectivity index (χ4v) is 2.16. The van der Waals surface area contributed by atoms with Crippen LogP contribution >= 0.6 is 0 Å². The number of anilines is 1. The number of aliphatic hydroxyl groups excluding tert-OH is 1. The van der Waals surface area contributed by atoms with Gasteiger partial charge in [-0.2, -0.15) is 9.37 Å². The van der Waals surface area contributed by atoms with Crippen molar-refractivity contribution in [3.05, 3.63) is 23.5 Å². The predicted octanol–water partition coefficient (Wildman–Crippen LogP) is 1.85. The summed E-state index contributed by atoms with van der Waals surface area (Å²) in [7, 11) is 1.91. The van der Waals surface area contributed by atoms with Crippen molar-refractivity contribution in [3.63, 3.8) is 0 Å². The Kier molecular flexibility index (Phi) is 4.13. The van der Waals surface area contributed by atoms with Crippen LogP contribution in [0.1, 0.15) is 25.2 Å². The second-order valence-electron chi connectivity index (χ2n) is 5.19. The van der Waals surface area contributed by atoms with Gasteiger partial charge in [-0.05, 0) is 26.8 Å². The quantitative estimate of drug-likeness (QED) is 0.745. The lowest BCUT2D eigenvalue weighted by molar-refractivity contribution is 0.216. The fourth-order valence-electron chi connectivity index (χ4n) is 2.16. The van der Waals surface area contributed by atoms with E-state index in [1.54, 1.807) is 19.9 Å². The van der Waals surface area contributed by atoms with Crippen LogP contribution in [0.2, 0.25) is 0 Å². The summed E-state index contributed by atoms with van der Waals surface area (Å²) in [6.07, 6.45) is 0.0178. The molecule has 6 heteroatoms. The summed E-state index contributed by atoms with van der Waals surface area (Å²) in [5.74, 6) is 0.649.